The van der Waals surface area contributed by atoms with E-state index in [0.29, 0.717) is 22.9 Å². The average molecular weight is 461 g/mol. The van der Waals surface area contributed by atoms with Gasteiger partial charge in [0.1, 0.15) is 0 Å². The Labute approximate surface area is 200 Å². The van der Waals surface area contributed by atoms with Gasteiger partial charge in [-0.15, -0.1) is 0 Å². The summed E-state index contributed by atoms with van der Waals surface area (Å²) in [5, 5.41) is 6.80. The molecular weight excluding hydrogens is 428 g/mol. The van der Waals surface area contributed by atoms with Crippen LogP contribution in [0.3, 0.4) is 0 Å². The first-order valence-corrected chi connectivity index (χ1v) is 11.5. The van der Waals surface area contributed by atoms with Crippen LogP contribution in [0, 0.1) is 0 Å². The Balaban J connectivity index is 1.91. The van der Waals surface area contributed by atoms with Gasteiger partial charge in [-0.25, -0.2) is 0 Å². The van der Waals surface area contributed by atoms with E-state index >= 15 is 0 Å². The van der Waals surface area contributed by atoms with Gasteiger partial charge in [0.25, 0.3) is 0 Å². The Morgan fingerprint density at radius 2 is 1.68 bits per heavy atom. The van der Waals surface area contributed by atoms with Crippen LogP contribution in [-0.2, 0) is 6.42 Å². The predicted octanol–water partition coefficient (Wildman–Crippen LogP) is 5.12. The van der Waals surface area contributed by atoms with E-state index in [1.54, 1.807) is 27.4 Å². The quantitative estimate of drug-likeness (QED) is 0.510. The molecule has 0 aromatic heterocycles. The Morgan fingerprint density at radius 1 is 0.941 bits per heavy atom. The molecule has 0 heterocycles. The third-order valence-electron chi connectivity index (χ3n) is 6.56. The van der Waals surface area contributed by atoms with Crippen molar-refractivity contribution in [2.45, 2.75) is 31.8 Å². The molecule has 34 heavy (non-hydrogen) atoms. The third kappa shape index (κ3) is 4.33. The minimum absolute atomic E-state index is 0.0117. The number of rotatable bonds is 7. The van der Waals surface area contributed by atoms with Crippen LogP contribution >= 0.6 is 0 Å². The van der Waals surface area contributed by atoms with E-state index < -0.39 is 0 Å². The zero-order valence-electron chi connectivity index (χ0n) is 20.4. The molecule has 0 radical (unpaired) electrons. The molecule has 0 aliphatic heterocycles. The minimum Gasteiger partial charge on any atom is -0.493 e. The fourth-order valence-corrected chi connectivity index (χ4v) is 4.79. The lowest BCUT2D eigenvalue weighted by Crippen LogP contribution is -2.18. The maximum atomic E-state index is 13.4. The summed E-state index contributed by atoms with van der Waals surface area (Å²) in [7, 11) is 6.79. The SMILES string of the molecule is CNC1CCc2cc(OC)c(OC)c(OC)c2-c2ccc(NC(C)c3ccccc3)c(=O)cc21. The summed E-state index contributed by atoms with van der Waals surface area (Å²) in [6, 6.07) is 17.8. The van der Waals surface area contributed by atoms with Gasteiger partial charge in [0.05, 0.1) is 27.0 Å². The number of hydrogen-bond donors (Lipinski definition) is 2. The Bertz CT molecular complexity index is 1230. The molecule has 0 saturated carbocycles. The molecule has 0 fully saturated rings. The fourth-order valence-electron chi connectivity index (χ4n) is 4.79. The first kappa shape index (κ1) is 23.6. The summed E-state index contributed by atoms with van der Waals surface area (Å²) in [4.78, 5) is 13.4. The molecule has 2 unspecified atom stereocenters. The molecular formula is C28H32N2O4. The van der Waals surface area contributed by atoms with Crippen LogP contribution in [-0.4, -0.2) is 28.4 Å². The van der Waals surface area contributed by atoms with E-state index in [2.05, 4.69) is 29.7 Å². The number of fused-ring (bicyclic) bond motifs is 3. The monoisotopic (exact) mass is 460 g/mol. The number of aryl methyl sites for hydroxylation is 1. The largest absolute Gasteiger partial charge is 0.493 e. The lowest BCUT2D eigenvalue weighted by atomic mass is 9.95. The van der Waals surface area contributed by atoms with Gasteiger partial charge in [-0.2, -0.15) is 0 Å². The lowest BCUT2D eigenvalue weighted by molar-refractivity contribution is 0.324. The van der Waals surface area contributed by atoms with Crippen LogP contribution in [0.1, 0.15) is 42.1 Å². The van der Waals surface area contributed by atoms with Crippen LogP contribution in [0.5, 0.6) is 17.2 Å². The molecule has 1 aliphatic carbocycles. The second-order valence-electron chi connectivity index (χ2n) is 8.46. The number of nitrogens with one attached hydrogen (secondary N) is 2. The zero-order chi connectivity index (χ0) is 24.2. The highest BCUT2D eigenvalue weighted by atomic mass is 16.5. The number of hydrogen-bond acceptors (Lipinski definition) is 6. The molecule has 178 valence electrons. The van der Waals surface area contributed by atoms with Gasteiger partial charge in [-0.1, -0.05) is 36.4 Å². The minimum atomic E-state index is -0.0489. The number of methoxy groups -OCH3 is 3. The van der Waals surface area contributed by atoms with Crippen molar-refractivity contribution in [1.29, 1.82) is 0 Å². The summed E-state index contributed by atoms with van der Waals surface area (Å²) in [5.41, 5.74) is 5.54. The molecule has 0 amide bonds. The standard InChI is InChI=1S/C28H32N2O4/c1-17(18-9-7-6-8-10-18)30-23-14-12-20-21(16-24(23)31)22(29-2)13-11-19-15-25(32-3)27(33-4)28(34-5)26(19)20/h6-10,12,14-17,22,29H,11,13H2,1-5H3,(H,30,31). The van der Waals surface area contributed by atoms with Crippen molar-refractivity contribution >= 4 is 5.69 Å². The Hall–Kier alpha value is -3.51. The van der Waals surface area contributed by atoms with Gasteiger partial charge < -0.3 is 24.8 Å². The van der Waals surface area contributed by atoms with Crippen molar-refractivity contribution in [2.75, 3.05) is 33.7 Å². The summed E-state index contributed by atoms with van der Waals surface area (Å²) in [6.45, 7) is 2.05. The van der Waals surface area contributed by atoms with Crippen molar-refractivity contribution in [3.63, 3.8) is 0 Å². The third-order valence-corrected chi connectivity index (χ3v) is 6.56. The van der Waals surface area contributed by atoms with Crippen LogP contribution in [0.2, 0.25) is 0 Å². The molecule has 0 bridgehead atoms. The molecule has 6 nitrogen and oxygen atoms in total. The molecule has 1 aliphatic rings. The fraction of sp³-hybridized carbons (Fsp3) is 0.321. The van der Waals surface area contributed by atoms with Crippen LogP contribution < -0.4 is 30.3 Å². The molecule has 3 aromatic rings. The van der Waals surface area contributed by atoms with E-state index in [4.69, 9.17) is 14.2 Å². The molecule has 2 N–H and O–H groups in total. The van der Waals surface area contributed by atoms with Gasteiger partial charge >= 0.3 is 0 Å². The van der Waals surface area contributed by atoms with Gasteiger partial charge in [0, 0.05) is 17.6 Å². The summed E-state index contributed by atoms with van der Waals surface area (Å²) in [5.74, 6) is 1.79. The highest BCUT2D eigenvalue weighted by Gasteiger charge is 2.28. The van der Waals surface area contributed by atoms with E-state index in [1.165, 1.54) is 0 Å². The average Bonchev–Trinajstić information content (AvgIpc) is 3.11. The van der Waals surface area contributed by atoms with Crippen molar-refractivity contribution in [1.82, 2.24) is 5.32 Å². The summed E-state index contributed by atoms with van der Waals surface area (Å²) in [6.07, 6.45) is 1.64. The molecule has 4 rings (SSSR count). The smallest absolute Gasteiger partial charge is 0.203 e. The van der Waals surface area contributed by atoms with Crippen LogP contribution in [0.15, 0.2) is 59.4 Å². The van der Waals surface area contributed by atoms with E-state index in [9.17, 15) is 4.79 Å². The number of benzene rings is 2. The Morgan fingerprint density at radius 3 is 2.32 bits per heavy atom. The zero-order valence-corrected chi connectivity index (χ0v) is 20.4. The highest BCUT2D eigenvalue weighted by Crippen LogP contribution is 2.50. The van der Waals surface area contributed by atoms with Crippen molar-refractivity contribution in [2.24, 2.45) is 0 Å². The lowest BCUT2D eigenvalue weighted by Gasteiger charge is -2.19. The normalized spacial score (nSPS) is 15.4. The van der Waals surface area contributed by atoms with E-state index in [-0.39, 0.29) is 17.5 Å². The number of ether oxygens (including phenoxy) is 3. The Kier molecular flexibility index (Phi) is 7.08. The van der Waals surface area contributed by atoms with Crippen molar-refractivity contribution in [3.8, 4) is 28.4 Å². The molecule has 6 heteroatoms. The topological polar surface area (TPSA) is 68.8 Å². The van der Waals surface area contributed by atoms with Gasteiger partial charge in [0.2, 0.25) is 11.2 Å². The number of anilines is 1. The van der Waals surface area contributed by atoms with Crippen LogP contribution in [0.4, 0.5) is 5.69 Å². The molecule has 0 saturated heterocycles. The van der Waals surface area contributed by atoms with Crippen LogP contribution in [0.25, 0.3) is 11.1 Å². The van der Waals surface area contributed by atoms with E-state index in [0.717, 1.165) is 40.7 Å². The maximum Gasteiger partial charge on any atom is 0.203 e. The van der Waals surface area contributed by atoms with Crippen molar-refractivity contribution in [3.05, 3.63) is 81.5 Å². The van der Waals surface area contributed by atoms with Gasteiger partial charge in [0.15, 0.2) is 11.5 Å². The first-order valence-electron chi connectivity index (χ1n) is 11.5. The predicted molar refractivity (Wildman–Crippen MR) is 136 cm³/mol. The first-order chi connectivity index (χ1) is 16.5. The van der Waals surface area contributed by atoms with Gasteiger partial charge in [-0.05, 0) is 67.3 Å². The van der Waals surface area contributed by atoms with E-state index in [1.807, 2.05) is 43.4 Å². The second-order valence-corrected chi connectivity index (χ2v) is 8.46. The van der Waals surface area contributed by atoms with Crippen molar-refractivity contribution < 1.29 is 14.2 Å². The maximum absolute atomic E-state index is 13.4. The summed E-state index contributed by atoms with van der Waals surface area (Å²) >= 11 is 0. The molecule has 3 aromatic carbocycles. The summed E-state index contributed by atoms with van der Waals surface area (Å²) < 4.78 is 17.1. The highest BCUT2D eigenvalue weighted by molar-refractivity contribution is 5.83. The van der Waals surface area contributed by atoms with Gasteiger partial charge in [-0.3, -0.25) is 4.79 Å². The molecule has 2 atom stereocenters. The molecule has 0 spiro atoms. The second kappa shape index (κ2) is 10.2.